The first-order valence-corrected chi connectivity index (χ1v) is 8.94. The summed E-state index contributed by atoms with van der Waals surface area (Å²) in [4.78, 5) is 25.9. The maximum Gasteiger partial charge on any atom is 0.409 e. The zero-order valence-electron chi connectivity index (χ0n) is 15.6. The van der Waals surface area contributed by atoms with Crippen LogP contribution in [0.2, 0.25) is 0 Å². The molecular weight excluding hydrogens is 292 g/mol. The fourth-order valence-electron chi connectivity index (χ4n) is 2.89. The van der Waals surface area contributed by atoms with E-state index in [0.717, 1.165) is 36.7 Å². The van der Waals surface area contributed by atoms with Gasteiger partial charge in [-0.3, -0.25) is 4.79 Å². The molecule has 0 radical (unpaired) electrons. The van der Waals surface area contributed by atoms with Gasteiger partial charge in [0.1, 0.15) is 5.78 Å². The van der Waals surface area contributed by atoms with Crippen LogP contribution in [0.5, 0.6) is 0 Å². The maximum absolute atomic E-state index is 12.1. The minimum Gasteiger partial charge on any atom is -0.449 e. The van der Waals surface area contributed by atoms with Crippen molar-refractivity contribution in [3.05, 3.63) is 0 Å². The topological polar surface area (TPSA) is 46.6 Å². The summed E-state index contributed by atoms with van der Waals surface area (Å²) in [6, 6.07) is 0. The largest absolute Gasteiger partial charge is 0.449 e. The molecule has 0 spiro atoms. The normalized spacial score (nSPS) is 16.7. The maximum atomic E-state index is 12.1. The van der Waals surface area contributed by atoms with Crippen LogP contribution in [0.15, 0.2) is 0 Å². The molecular formula is C18H35N2O3+. The number of ketones is 1. The fourth-order valence-corrected chi connectivity index (χ4v) is 2.89. The average molecular weight is 327 g/mol. The standard InChI is InChI=1S/C18H35N2O3/c1-15(2)14-17(21)16-8-10-19(11-9-16)18(22)23-13-7-6-12-20(3,4)5/h15-16H,6-14H2,1-5H3/q+1. The SMILES string of the molecule is CC(C)CC(=O)C1CCN(C(=O)OCCCC[N+](C)(C)C)CC1. The molecule has 1 amide bonds. The Hall–Kier alpha value is -1.10. The Balaban J connectivity index is 2.18. The molecule has 0 atom stereocenters. The van der Waals surface area contributed by atoms with Crippen molar-refractivity contribution in [3.63, 3.8) is 0 Å². The molecule has 1 aliphatic rings. The predicted octanol–water partition coefficient (Wildman–Crippen LogP) is 2.94. The van der Waals surface area contributed by atoms with Gasteiger partial charge in [0.25, 0.3) is 0 Å². The molecule has 1 aliphatic heterocycles. The Labute approximate surface area is 141 Å². The molecule has 1 rings (SSSR count). The number of carbonyl (C=O) groups is 2. The lowest BCUT2D eigenvalue weighted by atomic mass is 9.88. The summed E-state index contributed by atoms with van der Waals surface area (Å²) in [7, 11) is 6.49. The van der Waals surface area contributed by atoms with Gasteiger partial charge in [0.2, 0.25) is 0 Å². The predicted molar refractivity (Wildman–Crippen MR) is 92.2 cm³/mol. The molecule has 5 nitrogen and oxygen atoms in total. The lowest BCUT2D eigenvalue weighted by molar-refractivity contribution is -0.870. The molecule has 5 heteroatoms. The van der Waals surface area contributed by atoms with E-state index in [1.165, 1.54) is 0 Å². The van der Waals surface area contributed by atoms with Crippen molar-refractivity contribution in [2.24, 2.45) is 11.8 Å². The summed E-state index contributed by atoms with van der Waals surface area (Å²) in [6.45, 7) is 7.01. The number of likely N-dealkylation sites (tertiary alicyclic amines) is 1. The summed E-state index contributed by atoms with van der Waals surface area (Å²) in [5.74, 6) is 0.900. The molecule has 1 saturated heterocycles. The molecule has 1 heterocycles. The molecule has 23 heavy (non-hydrogen) atoms. The third kappa shape index (κ3) is 8.35. The van der Waals surface area contributed by atoms with Crippen LogP contribution in [0, 0.1) is 11.8 Å². The highest BCUT2D eigenvalue weighted by Crippen LogP contribution is 2.21. The van der Waals surface area contributed by atoms with Crippen molar-refractivity contribution < 1.29 is 18.8 Å². The monoisotopic (exact) mass is 327 g/mol. The number of hydrogen-bond donors (Lipinski definition) is 0. The van der Waals surface area contributed by atoms with E-state index < -0.39 is 0 Å². The second-order valence-corrected chi connectivity index (χ2v) is 8.16. The lowest BCUT2D eigenvalue weighted by Crippen LogP contribution is -2.40. The average Bonchev–Trinajstić information content (AvgIpc) is 2.45. The molecule has 0 saturated carbocycles. The number of unbranched alkanes of at least 4 members (excludes halogenated alkanes) is 1. The van der Waals surface area contributed by atoms with Crippen LogP contribution in [0.1, 0.15) is 46.0 Å². The molecule has 0 aromatic carbocycles. The molecule has 0 N–H and O–H groups in total. The summed E-state index contributed by atoms with van der Waals surface area (Å²) >= 11 is 0. The van der Waals surface area contributed by atoms with Crippen molar-refractivity contribution in [2.75, 3.05) is 47.4 Å². The van der Waals surface area contributed by atoms with E-state index in [1.54, 1.807) is 4.90 Å². The number of nitrogens with zero attached hydrogens (tertiary/aromatic N) is 2. The zero-order valence-corrected chi connectivity index (χ0v) is 15.6. The van der Waals surface area contributed by atoms with E-state index in [4.69, 9.17) is 4.74 Å². The quantitative estimate of drug-likeness (QED) is 0.509. The second kappa shape index (κ2) is 9.26. The van der Waals surface area contributed by atoms with Crippen LogP contribution in [0.25, 0.3) is 0 Å². The number of carbonyl (C=O) groups excluding carboxylic acids is 2. The number of piperidine rings is 1. The summed E-state index contributed by atoms with van der Waals surface area (Å²) in [5.41, 5.74) is 0. The minimum absolute atomic E-state index is 0.131. The summed E-state index contributed by atoms with van der Waals surface area (Å²) in [6.07, 6.45) is 3.96. The molecule has 134 valence electrons. The van der Waals surface area contributed by atoms with E-state index in [9.17, 15) is 9.59 Å². The fraction of sp³-hybridized carbons (Fsp3) is 0.889. The van der Waals surface area contributed by atoms with Gasteiger partial charge in [-0.05, 0) is 31.6 Å². The lowest BCUT2D eigenvalue weighted by Gasteiger charge is -2.31. The van der Waals surface area contributed by atoms with Gasteiger partial charge < -0.3 is 14.1 Å². The third-order valence-electron chi connectivity index (χ3n) is 4.27. The molecule has 0 bridgehead atoms. The summed E-state index contributed by atoms with van der Waals surface area (Å²) < 4.78 is 6.29. The molecule has 0 aromatic heterocycles. The zero-order chi connectivity index (χ0) is 17.5. The second-order valence-electron chi connectivity index (χ2n) is 8.16. The van der Waals surface area contributed by atoms with E-state index in [-0.39, 0.29) is 12.0 Å². The van der Waals surface area contributed by atoms with Crippen LogP contribution in [0.3, 0.4) is 0 Å². The molecule has 0 aliphatic carbocycles. The highest BCUT2D eigenvalue weighted by Gasteiger charge is 2.27. The van der Waals surface area contributed by atoms with Crippen LogP contribution < -0.4 is 0 Å². The van der Waals surface area contributed by atoms with E-state index in [1.807, 2.05) is 0 Å². The number of rotatable bonds is 8. The van der Waals surface area contributed by atoms with Crippen molar-refractivity contribution in [3.8, 4) is 0 Å². The van der Waals surface area contributed by atoms with Crippen molar-refractivity contribution >= 4 is 11.9 Å². The van der Waals surface area contributed by atoms with Gasteiger partial charge in [-0.25, -0.2) is 4.79 Å². The number of quaternary nitrogens is 1. The van der Waals surface area contributed by atoms with Crippen LogP contribution in [0.4, 0.5) is 4.79 Å². The number of amides is 1. The van der Waals surface area contributed by atoms with Crippen molar-refractivity contribution in [2.45, 2.75) is 46.0 Å². The first-order valence-electron chi connectivity index (χ1n) is 8.94. The van der Waals surface area contributed by atoms with Crippen LogP contribution in [-0.4, -0.2) is 68.6 Å². The highest BCUT2D eigenvalue weighted by molar-refractivity contribution is 5.81. The highest BCUT2D eigenvalue weighted by atomic mass is 16.6. The number of Topliss-reactive ketones (excluding diaryl/α,β-unsaturated/α-hetero) is 1. The Kier molecular flexibility index (Phi) is 8.03. The smallest absolute Gasteiger partial charge is 0.409 e. The summed E-state index contributed by atoms with van der Waals surface area (Å²) in [5, 5.41) is 0. The molecule has 0 aromatic rings. The van der Waals surface area contributed by atoms with E-state index >= 15 is 0 Å². The number of ether oxygens (including phenoxy) is 1. The Morgan fingerprint density at radius 2 is 1.74 bits per heavy atom. The Bertz CT molecular complexity index is 380. The van der Waals surface area contributed by atoms with Crippen LogP contribution in [-0.2, 0) is 9.53 Å². The Morgan fingerprint density at radius 3 is 2.26 bits per heavy atom. The van der Waals surface area contributed by atoms with Crippen molar-refractivity contribution in [1.29, 1.82) is 0 Å². The first kappa shape index (κ1) is 19.9. The van der Waals surface area contributed by atoms with Gasteiger partial charge in [-0.15, -0.1) is 0 Å². The van der Waals surface area contributed by atoms with Crippen LogP contribution >= 0.6 is 0 Å². The van der Waals surface area contributed by atoms with Gasteiger partial charge >= 0.3 is 6.09 Å². The molecule has 0 unspecified atom stereocenters. The first-order chi connectivity index (χ1) is 10.7. The number of hydrogen-bond acceptors (Lipinski definition) is 3. The van der Waals surface area contributed by atoms with Gasteiger partial charge in [-0.1, -0.05) is 13.8 Å². The van der Waals surface area contributed by atoms with E-state index in [2.05, 4.69) is 35.0 Å². The van der Waals surface area contributed by atoms with Crippen molar-refractivity contribution in [1.82, 2.24) is 4.90 Å². The van der Waals surface area contributed by atoms with E-state index in [0.29, 0.717) is 37.8 Å². The van der Waals surface area contributed by atoms with Gasteiger partial charge in [0.05, 0.1) is 34.3 Å². The molecule has 1 fully saturated rings. The van der Waals surface area contributed by atoms with Gasteiger partial charge in [0.15, 0.2) is 0 Å². The Morgan fingerprint density at radius 1 is 1.13 bits per heavy atom. The minimum atomic E-state index is -0.218. The van der Waals surface area contributed by atoms with Gasteiger partial charge in [-0.2, -0.15) is 0 Å². The third-order valence-corrected chi connectivity index (χ3v) is 4.27. The van der Waals surface area contributed by atoms with Gasteiger partial charge in [0, 0.05) is 25.4 Å².